The number of pyridine rings is 2. The number of ether oxygens (including phenoxy) is 1. The van der Waals surface area contributed by atoms with Gasteiger partial charge in [-0.05, 0) is 64.0 Å². The number of nitrogens with zero attached hydrogens (tertiary/aromatic N) is 3. The molecular formula is C22H16BrN5O3S. The summed E-state index contributed by atoms with van der Waals surface area (Å²) in [6.45, 7) is 0. The summed E-state index contributed by atoms with van der Waals surface area (Å²) in [5.74, 6) is 0.497. The van der Waals surface area contributed by atoms with E-state index < -0.39 is 10.0 Å². The lowest BCUT2D eigenvalue weighted by Crippen LogP contribution is -2.14. The molecule has 160 valence electrons. The summed E-state index contributed by atoms with van der Waals surface area (Å²) in [7, 11) is -2.52. The Morgan fingerprint density at radius 3 is 2.53 bits per heavy atom. The summed E-state index contributed by atoms with van der Waals surface area (Å²) >= 11 is 3.37. The molecule has 0 bridgehead atoms. The summed E-state index contributed by atoms with van der Waals surface area (Å²) in [6, 6.07) is 16.7. The van der Waals surface area contributed by atoms with E-state index in [9.17, 15) is 8.42 Å². The van der Waals surface area contributed by atoms with Gasteiger partial charge in [0.25, 0.3) is 10.0 Å². The van der Waals surface area contributed by atoms with Crippen LogP contribution in [0.3, 0.4) is 0 Å². The van der Waals surface area contributed by atoms with Crippen LogP contribution in [-0.4, -0.2) is 25.5 Å². The van der Waals surface area contributed by atoms with Gasteiger partial charge in [-0.3, -0.25) is 4.72 Å². The molecule has 0 unspecified atom stereocenters. The van der Waals surface area contributed by atoms with E-state index in [1.54, 1.807) is 12.3 Å². The van der Waals surface area contributed by atoms with Gasteiger partial charge in [0.1, 0.15) is 11.5 Å². The van der Waals surface area contributed by atoms with E-state index in [-0.39, 0.29) is 16.5 Å². The number of aromatic nitrogens is 2. The molecule has 0 fully saturated rings. The molecular weight excluding hydrogens is 494 g/mol. The van der Waals surface area contributed by atoms with Crippen molar-refractivity contribution in [3.05, 3.63) is 70.8 Å². The van der Waals surface area contributed by atoms with Gasteiger partial charge in [-0.2, -0.15) is 5.26 Å². The van der Waals surface area contributed by atoms with Gasteiger partial charge in [0, 0.05) is 17.1 Å². The molecule has 3 N–H and O–H groups in total. The average molecular weight is 510 g/mol. The number of sulfonamides is 1. The van der Waals surface area contributed by atoms with E-state index in [0.717, 1.165) is 10.9 Å². The molecule has 32 heavy (non-hydrogen) atoms. The number of anilines is 2. The van der Waals surface area contributed by atoms with Crippen molar-refractivity contribution >= 4 is 48.4 Å². The predicted molar refractivity (Wildman–Crippen MR) is 126 cm³/mol. The fourth-order valence-electron chi connectivity index (χ4n) is 3.09. The number of fused-ring (bicyclic) bond motifs is 1. The molecule has 0 saturated carbocycles. The van der Waals surface area contributed by atoms with Crippen molar-refractivity contribution in [1.29, 1.82) is 5.26 Å². The lowest BCUT2D eigenvalue weighted by atomic mass is 10.0. The highest BCUT2D eigenvalue weighted by Gasteiger charge is 2.18. The molecule has 8 nitrogen and oxygen atoms in total. The van der Waals surface area contributed by atoms with Crippen molar-refractivity contribution < 1.29 is 13.2 Å². The van der Waals surface area contributed by atoms with Gasteiger partial charge in [-0.25, -0.2) is 18.4 Å². The Morgan fingerprint density at radius 1 is 1.09 bits per heavy atom. The van der Waals surface area contributed by atoms with Crippen molar-refractivity contribution in [2.75, 3.05) is 17.6 Å². The van der Waals surface area contributed by atoms with Gasteiger partial charge >= 0.3 is 0 Å². The second-order valence-electron chi connectivity index (χ2n) is 6.79. The molecule has 2 aromatic carbocycles. The summed E-state index contributed by atoms with van der Waals surface area (Å²) in [6.07, 6.45) is 1.59. The van der Waals surface area contributed by atoms with Gasteiger partial charge < -0.3 is 10.5 Å². The van der Waals surface area contributed by atoms with E-state index >= 15 is 0 Å². The zero-order chi connectivity index (χ0) is 22.9. The Balaban J connectivity index is 1.73. The van der Waals surface area contributed by atoms with E-state index in [0.29, 0.717) is 26.9 Å². The number of hydrogen-bond donors (Lipinski definition) is 2. The number of nitrogens with one attached hydrogen (secondary N) is 1. The van der Waals surface area contributed by atoms with Crippen LogP contribution in [-0.2, 0) is 10.0 Å². The van der Waals surface area contributed by atoms with E-state index in [1.807, 2.05) is 30.3 Å². The molecule has 10 heteroatoms. The van der Waals surface area contributed by atoms with E-state index in [2.05, 4.69) is 30.6 Å². The Labute approximate surface area is 192 Å². The fraction of sp³-hybridized carbons (Fsp3) is 0.0455. The lowest BCUT2D eigenvalue weighted by molar-refractivity contribution is 0.400. The summed E-state index contributed by atoms with van der Waals surface area (Å²) < 4.78 is 34.2. The molecule has 0 saturated heterocycles. The number of nitrogen functional groups attached to an aromatic ring is 1. The van der Waals surface area contributed by atoms with Crippen LogP contribution >= 0.6 is 15.9 Å². The second kappa shape index (κ2) is 8.45. The fourth-order valence-corrected chi connectivity index (χ4v) is 4.48. The number of halogens is 1. The Morgan fingerprint density at radius 2 is 1.84 bits per heavy atom. The third-order valence-electron chi connectivity index (χ3n) is 4.71. The van der Waals surface area contributed by atoms with Gasteiger partial charge in [0.2, 0.25) is 5.88 Å². The summed E-state index contributed by atoms with van der Waals surface area (Å²) in [5.41, 5.74) is 8.57. The first kappa shape index (κ1) is 21.5. The highest BCUT2D eigenvalue weighted by atomic mass is 79.9. The first-order valence-electron chi connectivity index (χ1n) is 9.24. The third kappa shape index (κ3) is 4.21. The van der Waals surface area contributed by atoms with Gasteiger partial charge in [-0.15, -0.1) is 0 Å². The van der Waals surface area contributed by atoms with Gasteiger partial charge in [-0.1, -0.05) is 12.1 Å². The van der Waals surface area contributed by atoms with Crippen LogP contribution in [0, 0.1) is 11.3 Å². The number of rotatable bonds is 5. The molecule has 0 spiro atoms. The second-order valence-corrected chi connectivity index (χ2v) is 9.32. The van der Waals surface area contributed by atoms with Crippen molar-refractivity contribution in [3.63, 3.8) is 0 Å². The minimum Gasteiger partial charge on any atom is -0.480 e. The molecule has 0 radical (unpaired) electrons. The maximum atomic E-state index is 12.9. The van der Waals surface area contributed by atoms with Crippen LogP contribution in [0.1, 0.15) is 5.56 Å². The Hall–Kier alpha value is -3.68. The van der Waals surface area contributed by atoms with Crippen molar-refractivity contribution in [1.82, 2.24) is 9.97 Å². The zero-order valence-electron chi connectivity index (χ0n) is 16.7. The van der Waals surface area contributed by atoms with Crippen LogP contribution in [0.2, 0.25) is 0 Å². The number of benzene rings is 2. The van der Waals surface area contributed by atoms with Crippen LogP contribution in [0.15, 0.2) is 70.2 Å². The van der Waals surface area contributed by atoms with Crippen LogP contribution < -0.4 is 15.2 Å². The molecule has 2 heterocycles. The van der Waals surface area contributed by atoms with Crippen molar-refractivity contribution in [2.24, 2.45) is 0 Å². The minimum absolute atomic E-state index is 0.0138. The number of nitrogens with two attached hydrogens (primary N) is 1. The number of methoxy groups -OCH3 is 1. The highest BCUT2D eigenvalue weighted by Crippen LogP contribution is 2.32. The maximum Gasteiger partial charge on any atom is 0.262 e. The number of hydrogen-bond acceptors (Lipinski definition) is 7. The molecule has 0 aliphatic heterocycles. The first-order valence-corrected chi connectivity index (χ1v) is 11.5. The van der Waals surface area contributed by atoms with Gasteiger partial charge in [0.15, 0.2) is 0 Å². The standard InChI is InChI=1S/C22H16BrN5O3S/c1-31-22-20(28-32(29,30)17-6-2-13(11-24)3-7-17)10-16(12-26-22)14-4-5-15-8-18(23)21(25)27-19(15)9-14/h2-10,12,28H,1H3,(H2,25,27). The molecule has 2 aromatic heterocycles. The summed E-state index contributed by atoms with van der Waals surface area (Å²) in [5, 5.41) is 9.82. The normalized spacial score (nSPS) is 11.2. The SMILES string of the molecule is COc1ncc(-c2ccc3cc(Br)c(N)nc3c2)cc1NS(=O)(=O)c1ccc(C#N)cc1. The molecule has 0 aliphatic rings. The zero-order valence-corrected chi connectivity index (χ0v) is 19.1. The quantitative estimate of drug-likeness (QED) is 0.409. The predicted octanol–water partition coefficient (Wildman–Crippen LogP) is 4.32. The third-order valence-corrected chi connectivity index (χ3v) is 6.73. The van der Waals surface area contributed by atoms with Crippen molar-refractivity contribution in [3.8, 4) is 23.1 Å². The highest BCUT2D eigenvalue weighted by molar-refractivity contribution is 9.10. The summed E-state index contributed by atoms with van der Waals surface area (Å²) in [4.78, 5) is 8.64. The largest absolute Gasteiger partial charge is 0.480 e. The number of nitriles is 1. The molecule has 4 aromatic rings. The van der Waals surface area contributed by atoms with Crippen LogP contribution in [0.25, 0.3) is 22.0 Å². The van der Waals surface area contributed by atoms with Crippen LogP contribution in [0.5, 0.6) is 5.88 Å². The smallest absolute Gasteiger partial charge is 0.262 e. The minimum atomic E-state index is -3.93. The lowest BCUT2D eigenvalue weighted by Gasteiger charge is -2.13. The average Bonchev–Trinajstić information content (AvgIpc) is 2.79. The first-order chi connectivity index (χ1) is 15.3. The maximum absolute atomic E-state index is 12.9. The molecule has 0 atom stereocenters. The van der Waals surface area contributed by atoms with E-state index in [1.165, 1.54) is 31.4 Å². The van der Waals surface area contributed by atoms with Crippen LogP contribution in [0.4, 0.5) is 11.5 Å². The molecule has 0 aliphatic carbocycles. The van der Waals surface area contributed by atoms with E-state index in [4.69, 9.17) is 15.7 Å². The Kier molecular flexibility index (Phi) is 5.69. The topological polar surface area (TPSA) is 131 Å². The van der Waals surface area contributed by atoms with Crippen molar-refractivity contribution in [2.45, 2.75) is 4.90 Å². The van der Waals surface area contributed by atoms with Gasteiger partial charge in [0.05, 0.1) is 33.6 Å². The molecule has 0 amide bonds. The molecule has 4 rings (SSSR count). The monoisotopic (exact) mass is 509 g/mol. The Bertz CT molecular complexity index is 1480.